The highest BCUT2D eigenvalue weighted by molar-refractivity contribution is 6.32. The Kier molecular flexibility index (Phi) is 5.71. The number of nitrogens with zero attached hydrogens (tertiary/aromatic N) is 5. The van der Waals surface area contributed by atoms with Gasteiger partial charge in [0.15, 0.2) is 0 Å². The molecule has 0 radical (unpaired) electrons. The number of fused-ring (bicyclic) bond motifs is 2. The highest BCUT2D eigenvalue weighted by Crippen LogP contribution is 2.28. The molecule has 0 unspecified atom stereocenters. The first-order valence-corrected chi connectivity index (χ1v) is 12.1. The Hall–Kier alpha value is -4.07. The summed E-state index contributed by atoms with van der Waals surface area (Å²) in [6.07, 6.45) is 2.60. The average molecular weight is 495 g/mol. The van der Waals surface area contributed by atoms with Crippen molar-refractivity contribution in [2.75, 3.05) is 18.9 Å². The van der Waals surface area contributed by atoms with Gasteiger partial charge in [-0.05, 0) is 48.9 Å². The molecule has 0 saturated heterocycles. The van der Waals surface area contributed by atoms with E-state index in [-0.39, 0.29) is 5.56 Å². The topological polar surface area (TPSA) is 75.9 Å². The minimum atomic E-state index is -0.332. The molecule has 0 atom stereocenters. The zero-order valence-corrected chi connectivity index (χ0v) is 20.4. The molecule has 3 aromatic carbocycles. The molecular weight excluding hydrogens is 472 g/mol. The predicted octanol–water partition coefficient (Wildman–Crippen LogP) is 5.23. The molecule has 7 nitrogen and oxygen atoms in total. The molecule has 0 saturated carbocycles. The van der Waals surface area contributed by atoms with Gasteiger partial charge in [-0.2, -0.15) is 9.78 Å². The number of para-hydroxylation sites is 1. The Morgan fingerprint density at radius 2 is 1.78 bits per heavy atom. The second kappa shape index (κ2) is 9.18. The third kappa shape index (κ3) is 4.12. The Balaban J connectivity index is 1.48. The predicted molar refractivity (Wildman–Crippen MR) is 143 cm³/mol. The largest absolute Gasteiger partial charge is 0.324 e. The summed E-state index contributed by atoms with van der Waals surface area (Å²) >= 11 is 6.41. The lowest BCUT2D eigenvalue weighted by Crippen LogP contribution is -2.26. The third-order valence-corrected chi connectivity index (χ3v) is 6.75. The van der Waals surface area contributed by atoms with E-state index in [1.165, 1.54) is 15.8 Å². The number of aromatic nitrogens is 4. The van der Waals surface area contributed by atoms with Crippen LogP contribution in [0.15, 0.2) is 83.8 Å². The summed E-state index contributed by atoms with van der Waals surface area (Å²) in [5.41, 5.74) is 5.63. The first kappa shape index (κ1) is 22.4. The lowest BCUT2D eigenvalue weighted by Gasteiger charge is -2.25. The number of likely N-dealkylation sites (N-methyl/N-ethyl adjacent to an activating group) is 1. The van der Waals surface area contributed by atoms with Crippen molar-refractivity contribution >= 4 is 34.1 Å². The van der Waals surface area contributed by atoms with E-state index in [1.807, 2.05) is 48.5 Å². The van der Waals surface area contributed by atoms with Gasteiger partial charge in [0, 0.05) is 30.5 Å². The zero-order chi connectivity index (χ0) is 24.6. The van der Waals surface area contributed by atoms with E-state index in [0.717, 1.165) is 30.8 Å². The van der Waals surface area contributed by atoms with Crippen LogP contribution in [-0.2, 0) is 13.0 Å². The van der Waals surface area contributed by atoms with Gasteiger partial charge in [-0.25, -0.2) is 9.97 Å². The molecule has 0 spiro atoms. The number of anilines is 2. The summed E-state index contributed by atoms with van der Waals surface area (Å²) in [7, 11) is 2.13. The molecule has 2 aromatic heterocycles. The molecule has 3 heterocycles. The van der Waals surface area contributed by atoms with Gasteiger partial charge in [-0.3, -0.25) is 4.79 Å². The molecule has 1 N–H and O–H groups in total. The van der Waals surface area contributed by atoms with Crippen molar-refractivity contribution in [2.24, 2.45) is 0 Å². The van der Waals surface area contributed by atoms with Crippen LogP contribution >= 0.6 is 11.6 Å². The molecule has 6 rings (SSSR count). The van der Waals surface area contributed by atoms with Gasteiger partial charge in [0.2, 0.25) is 5.95 Å². The maximum Gasteiger partial charge on any atom is 0.282 e. The Labute approximate surface area is 213 Å². The van der Waals surface area contributed by atoms with Gasteiger partial charge in [0.05, 0.1) is 16.1 Å². The second-order valence-electron chi connectivity index (χ2n) is 8.94. The molecule has 178 valence electrons. The van der Waals surface area contributed by atoms with Crippen LogP contribution in [0.4, 0.5) is 11.6 Å². The number of hydrogen-bond acceptors (Lipinski definition) is 6. The SMILES string of the molecule is CN1CCc2ccc(Nc3ncc4c(=O)n(-c5ccccc5Cl)nc(-c5ccccc5)c4n3)cc2C1. The van der Waals surface area contributed by atoms with E-state index in [4.69, 9.17) is 21.7 Å². The standard InChI is InChI=1S/C28H23ClN6O/c1-34-14-13-18-11-12-21(15-20(18)17-34)31-28-30-16-22-26(32-28)25(19-7-3-2-4-8-19)33-35(27(22)36)24-10-6-5-9-23(24)29/h2-12,15-16H,13-14,17H2,1H3,(H,30,31,32). The number of halogens is 1. The number of rotatable bonds is 4. The van der Waals surface area contributed by atoms with Gasteiger partial charge in [-0.15, -0.1) is 0 Å². The monoisotopic (exact) mass is 494 g/mol. The van der Waals surface area contributed by atoms with Crippen molar-refractivity contribution < 1.29 is 0 Å². The summed E-state index contributed by atoms with van der Waals surface area (Å²) in [4.78, 5) is 25.0. The first-order valence-electron chi connectivity index (χ1n) is 11.7. The molecule has 0 fully saturated rings. The summed E-state index contributed by atoms with van der Waals surface area (Å²) in [6, 6.07) is 23.2. The smallest absolute Gasteiger partial charge is 0.282 e. The fourth-order valence-electron chi connectivity index (χ4n) is 4.57. The van der Waals surface area contributed by atoms with E-state index in [2.05, 4.69) is 34.4 Å². The normalized spacial score (nSPS) is 13.5. The zero-order valence-electron chi connectivity index (χ0n) is 19.6. The van der Waals surface area contributed by atoms with Gasteiger partial charge in [0.25, 0.3) is 5.56 Å². The number of nitrogens with one attached hydrogen (secondary N) is 1. The summed E-state index contributed by atoms with van der Waals surface area (Å²) in [5, 5.41) is 8.82. The quantitative estimate of drug-likeness (QED) is 0.369. The van der Waals surface area contributed by atoms with Crippen molar-refractivity contribution in [3.63, 3.8) is 0 Å². The van der Waals surface area contributed by atoms with Crippen LogP contribution in [0.2, 0.25) is 5.02 Å². The van der Waals surface area contributed by atoms with Crippen LogP contribution < -0.4 is 10.9 Å². The van der Waals surface area contributed by atoms with E-state index < -0.39 is 0 Å². The second-order valence-corrected chi connectivity index (χ2v) is 9.34. The fourth-order valence-corrected chi connectivity index (χ4v) is 4.78. The number of hydrogen-bond donors (Lipinski definition) is 1. The average Bonchev–Trinajstić information content (AvgIpc) is 2.90. The van der Waals surface area contributed by atoms with E-state index >= 15 is 0 Å². The molecular formula is C28H23ClN6O. The summed E-state index contributed by atoms with van der Waals surface area (Å²) in [6.45, 7) is 1.97. The molecule has 1 aliphatic rings. The van der Waals surface area contributed by atoms with Crippen LogP contribution in [0.25, 0.3) is 27.8 Å². The fraction of sp³-hybridized carbons (Fsp3) is 0.143. The Morgan fingerprint density at radius 3 is 2.61 bits per heavy atom. The minimum Gasteiger partial charge on any atom is -0.324 e. The van der Waals surface area contributed by atoms with Crippen molar-refractivity contribution in [2.45, 2.75) is 13.0 Å². The molecule has 1 aliphatic heterocycles. The van der Waals surface area contributed by atoms with Crippen molar-refractivity contribution in [1.82, 2.24) is 24.6 Å². The molecule has 0 bridgehead atoms. The Bertz CT molecular complexity index is 1650. The number of benzene rings is 3. The van der Waals surface area contributed by atoms with Gasteiger partial charge in [0.1, 0.15) is 11.2 Å². The maximum absolute atomic E-state index is 13.5. The maximum atomic E-state index is 13.5. The lowest BCUT2D eigenvalue weighted by molar-refractivity contribution is 0.313. The molecule has 36 heavy (non-hydrogen) atoms. The van der Waals surface area contributed by atoms with E-state index in [1.54, 1.807) is 18.3 Å². The first-order chi connectivity index (χ1) is 17.6. The van der Waals surface area contributed by atoms with Crippen LogP contribution in [-0.4, -0.2) is 38.2 Å². The van der Waals surface area contributed by atoms with Crippen molar-refractivity contribution in [3.8, 4) is 16.9 Å². The highest BCUT2D eigenvalue weighted by atomic mass is 35.5. The summed E-state index contributed by atoms with van der Waals surface area (Å²) in [5.74, 6) is 0.403. The summed E-state index contributed by atoms with van der Waals surface area (Å²) < 4.78 is 1.32. The Morgan fingerprint density at radius 1 is 0.972 bits per heavy atom. The van der Waals surface area contributed by atoms with Gasteiger partial charge in [-0.1, -0.05) is 60.1 Å². The van der Waals surface area contributed by atoms with Crippen molar-refractivity contribution in [1.29, 1.82) is 0 Å². The van der Waals surface area contributed by atoms with Crippen LogP contribution in [0.1, 0.15) is 11.1 Å². The lowest BCUT2D eigenvalue weighted by atomic mass is 9.99. The van der Waals surface area contributed by atoms with E-state index in [9.17, 15) is 4.79 Å². The molecule has 8 heteroatoms. The molecule has 0 amide bonds. The van der Waals surface area contributed by atoms with Gasteiger partial charge >= 0.3 is 0 Å². The van der Waals surface area contributed by atoms with Crippen LogP contribution in [0.3, 0.4) is 0 Å². The minimum absolute atomic E-state index is 0.332. The van der Waals surface area contributed by atoms with Crippen LogP contribution in [0.5, 0.6) is 0 Å². The van der Waals surface area contributed by atoms with Crippen LogP contribution in [0, 0.1) is 0 Å². The van der Waals surface area contributed by atoms with Gasteiger partial charge < -0.3 is 10.2 Å². The van der Waals surface area contributed by atoms with Crippen molar-refractivity contribution in [3.05, 3.63) is 105 Å². The third-order valence-electron chi connectivity index (χ3n) is 6.43. The van der Waals surface area contributed by atoms with E-state index in [0.29, 0.717) is 33.3 Å². The molecule has 0 aliphatic carbocycles. The molecule has 5 aromatic rings. The highest BCUT2D eigenvalue weighted by Gasteiger charge is 2.18.